The van der Waals surface area contributed by atoms with Gasteiger partial charge in [-0.25, -0.2) is 0 Å². The maximum Gasteiger partial charge on any atom is 0.0109 e. The molecule has 0 aromatic rings. The molecule has 94 valence electrons. The van der Waals surface area contributed by atoms with Crippen LogP contribution in [0.5, 0.6) is 0 Å². The molecule has 2 atom stereocenters. The summed E-state index contributed by atoms with van der Waals surface area (Å²) in [4.78, 5) is 4.94. The highest BCUT2D eigenvalue weighted by atomic mass is 35.5. The van der Waals surface area contributed by atoms with Gasteiger partial charge in [0, 0.05) is 26.2 Å². The molecule has 0 radical (unpaired) electrons. The zero-order chi connectivity index (χ0) is 10.8. The van der Waals surface area contributed by atoms with Crippen molar-refractivity contribution in [2.75, 3.05) is 40.3 Å². The van der Waals surface area contributed by atoms with Crippen LogP contribution in [0, 0.1) is 11.8 Å². The molecule has 0 aromatic carbocycles. The molecule has 0 bridgehead atoms. The molecule has 1 saturated heterocycles. The van der Waals surface area contributed by atoms with E-state index in [4.69, 9.17) is 0 Å². The maximum atomic E-state index is 2.65. The monoisotopic (exact) mass is 244 g/mol. The average Bonchev–Trinajstić information content (AvgIpc) is 2.56. The van der Waals surface area contributed by atoms with Gasteiger partial charge in [-0.05, 0) is 45.7 Å². The van der Waals surface area contributed by atoms with E-state index >= 15 is 0 Å². The predicted octanol–water partition coefficient (Wildman–Crippen LogP) is 2.26. The second-order valence-electron chi connectivity index (χ2n) is 5.57. The molecule has 1 aliphatic heterocycles. The summed E-state index contributed by atoms with van der Waals surface area (Å²) in [6.07, 6.45) is 5.13. The molecule has 0 aromatic heterocycles. The molecule has 2 nitrogen and oxygen atoms in total. The van der Waals surface area contributed by atoms with Crippen LogP contribution in [0.2, 0.25) is 0 Å². The molecule has 1 aliphatic carbocycles. The van der Waals surface area contributed by atoms with Crippen LogP contribution in [-0.2, 0) is 0 Å². The summed E-state index contributed by atoms with van der Waals surface area (Å²) in [6, 6.07) is 0. The van der Waals surface area contributed by atoms with Crippen molar-refractivity contribution in [1.29, 1.82) is 0 Å². The fraction of sp³-hybridized carbons (Fsp3) is 0.846. The van der Waals surface area contributed by atoms with Crippen LogP contribution in [0.4, 0.5) is 0 Å². The van der Waals surface area contributed by atoms with Crippen molar-refractivity contribution >= 4 is 12.4 Å². The first kappa shape index (κ1) is 14.0. The van der Waals surface area contributed by atoms with Gasteiger partial charge in [-0.2, -0.15) is 0 Å². The van der Waals surface area contributed by atoms with E-state index in [9.17, 15) is 0 Å². The maximum absolute atomic E-state index is 2.65. The predicted molar refractivity (Wildman–Crippen MR) is 72.2 cm³/mol. The van der Waals surface area contributed by atoms with Gasteiger partial charge in [0.2, 0.25) is 0 Å². The molecule has 16 heavy (non-hydrogen) atoms. The van der Waals surface area contributed by atoms with Crippen LogP contribution in [0.15, 0.2) is 11.6 Å². The highest BCUT2D eigenvalue weighted by Crippen LogP contribution is 2.35. The lowest BCUT2D eigenvalue weighted by Gasteiger charge is -2.22. The molecule has 0 N–H and O–H groups in total. The van der Waals surface area contributed by atoms with Crippen LogP contribution >= 0.6 is 12.4 Å². The molecule has 2 rings (SSSR count). The highest BCUT2D eigenvalue weighted by Gasteiger charge is 2.33. The Morgan fingerprint density at radius 2 is 2.00 bits per heavy atom. The van der Waals surface area contributed by atoms with Gasteiger partial charge in [0.15, 0.2) is 0 Å². The molecule has 0 spiro atoms. The number of allylic oxidation sites excluding steroid dienone is 2. The summed E-state index contributed by atoms with van der Waals surface area (Å²) in [7, 11) is 4.32. The average molecular weight is 245 g/mol. The van der Waals surface area contributed by atoms with Gasteiger partial charge in [0.1, 0.15) is 0 Å². The molecule has 3 heteroatoms. The SMILES string of the molecule is CC1=CCC2CN(CCN(C)C)CC2C1.Cl. The van der Waals surface area contributed by atoms with Crippen LogP contribution < -0.4 is 0 Å². The minimum Gasteiger partial charge on any atom is -0.308 e. The number of likely N-dealkylation sites (N-methyl/N-ethyl adjacent to an activating group) is 1. The number of fused-ring (bicyclic) bond motifs is 1. The largest absolute Gasteiger partial charge is 0.308 e. The number of nitrogens with zero attached hydrogens (tertiary/aromatic N) is 2. The Morgan fingerprint density at radius 1 is 1.31 bits per heavy atom. The summed E-state index contributed by atoms with van der Waals surface area (Å²) < 4.78 is 0. The Balaban J connectivity index is 0.00000128. The van der Waals surface area contributed by atoms with Crippen molar-refractivity contribution in [2.24, 2.45) is 11.8 Å². The quantitative estimate of drug-likeness (QED) is 0.703. The molecule has 0 amide bonds. The van der Waals surface area contributed by atoms with Gasteiger partial charge in [-0.15, -0.1) is 12.4 Å². The molecule has 1 heterocycles. The second kappa shape index (κ2) is 6.04. The van der Waals surface area contributed by atoms with E-state index in [0.717, 1.165) is 11.8 Å². The van der Waals surface area contributed by atoms with E-state index < -0.39 is 0 Å². The first-order valence-electron chi connectivity index (χ1n) is 6.18. The topological polar surface area (TPSA) is 6.48 Å². The van der Waals surface area contributed by atoms with Crippen LogP contribution in [0.3, 0.4) is 0 Å². The van der Waals surface area contributed by atoms with E-state index in [1.54, 1.807) is 5.57 Å². The zero-order valence-corrected chi connectivity index (χ0v) is 11.6. The van der Waals surface area contributed by atoms with Crippen molar-refractivity contribution in [2.45, 2.75) is 19.8 Å². The first-order valence-corrected chi connectivity index (χ1v) is 6.18. The number of hydrogen-bond acceptors (Lipinski definition) is 2. The Bertz CT molecular complexity index is 250. The third-order valence-electron chi connectivity index (χ3n) is 3.87. The van der Waals surface area contributed by atoms with E-state index in [2.05, 4.69) is 36.9 Å². The molecular weight excluding hydrogens is 220 g/mol. The van der Waals surface area contributed by atoms with Gasteiger partial charge in [0.05, 0.1) is 0 Å². The molecule has 0 saturated carbocycles. The Kier molecular flexibility index (Phi) is 5.29. The minimum atomic E-state index is 0. The summed E-state index contributed by atoms with van der Waals surface area (Å²) in [6.45, 7) is 7.41. The number of hydrogen-bond donors (Lipinski definition) is 0. The summed E-state index contributed by atoms with van der Waals surface area (Å²) in [5.74, 6) is 1.91. The van der Waals surface area contributed by atoms with Gasteiger partial charge < -0.3 is 9.80 Å². The van der Waals surface area contributed by atoms with Crippen molar-refractivity contribution in [3.63, 3.8) is 0 Å². The van der Waals surface area contributed by atoms with Gasteiger partial charge >= 0.3 is 0 Å². The Labute approximate surface area is 106 Å². The normalized spacial score (nSPS) is 29.9. The second-order valence-corrected chi connectivity index (χ2v) is 5.57. The number of rotatable bonds is 3. The molecule has 1 fully saturated rings. The first-order chi connectivity index (χ1) is 7.15. The fourth-order valence-corrected chi connectivity index (χ4v) is 2.91. The third kappa shape index (κ3) is 3.47. The molecule has 2 aliphatic rings. The van der Waals surface area contributed by atoms with Crippen LogP contribution in [-0.4, -0.2) is 50.1 Å². The van der Waals surface area contributed by atoms with Gasteiger partial charge in [-0.3, -0.25) is 0 Å². The lowest BCUT2D eigenvalue weighted by Crippen LogP contribution is -2.30. The standard InChI is InChI=1S/C13H24N2.ClH/c1-11-4-5-12-9-15(7-6-14(2)3)10-13(12)8-11;/h4,12-13H,5-10H2,1-3H3;1H. The smallest absolute Gasteiger partial charge is 0.0109 e. The fourth-order valence-electron chi connectivity index (χ4n) is 2.91. The van der Waals surface area contributed by atoms with Crippen molar-refractivity contribution in [1.82, 2.24) is 9.80 Å². The lowest BCUT2D eigenvalue weighted by molar-refractivity contribution is 0.273. The summed E-state index contributed by atoms with van der Waals surface area (Å²) >= 11 is 0. The Morgan fingerprint density at radius 3 is 2.69 bits per heavy atom. The zero-order valence-electron chi connectivity index (χ0n) is 10.8. The molecule has 2 unspecified atom stereocenters. The van der Waals surface area contributed by atoms with Crippen LogP contribution in [0.25, 0.3) is 0 Å². The van der Waals surface area contributed by atoms with E-state index in [-0.39, 0.29) is 12.4 Å². The van der Waals surface area contributed by atoms with Gasteiger partial charge in [-0.1, -0.05) is 11.6 Å². The van der Waals surface area contributed by atoms with Crippen LogP contribution in [0.1, 0.15) is 19.8 Å². The van der Waals surface area contributed by atoms with E-state index in [1.165, 1.54) is 39.0 Å². The van der Waals surface area contributed by atoms with E-state index in [1.807, 2.05) is 0 Å². The summed E-state index contributed by atoms with van der Waals surface area (Å²) in [5, 5.41) is 0. The number of likely N-dealkylation sites (tertiary alicyclic amines) is 1. The van der Waals surface area contributed by atoms with Crippen molar-refractivity contribution in [3.05, 3.63) is 11.6 Å². The molecular formula is C13H25ClN2. The minimum absolute atomic E-state index is 0. The van der Waals surface area contributed by atoms with E-state index in [0.29, 0.717) is 0 Å². The van der Waals surface area contributed by atoms with Gasteiger partial charge in [0.25, 0.3) is 0 Å². The highest BCUT2D eigenvalue weighted by molar-refractivity contribution is 5.85. The van der Waals surface area contributed by atoms with Crippen molar-refractivity contribution in [3.8, 4) is 0 Å². The number of halogens is 1. The third-order valence-corrected chi connectivity index (χ3v) is 3.87. The Hall–Kier alpha value is -0.0500. The van der Waals surface area contributed by atoms with Crippen molar-refractivity contribution < 1.29 is 0 Å². The summed E-state index contributed by atoms with van der Waals surface area (Å²) in [5.41, 5.74) is 1.62. The lowest BCUT2D eigenvalue weighted by atomic mass is 9.83.